The second kappa shape index (κ2) is 2.95. The van der Waals surface area contributed by atoms with Gasteiger partial charge in [0, 0.05) is 5.39 Å². The number of furan rings is 1. The Kier molecular flexibility index (Phi) is 1.55. The highest BCUT2D eigenvalue weighted by Gasteiger charge is 2.16. The van der Waals surface area contributed by atoms with Gasteiger partial charge >= 0.3 is 0 Å². The van der Waals surface area contributed by atoms with Gasteiger partial charge in [0.1, 0.15) is 11.9 Å². The van der Waals surface area contributed by atoms with E-state index in [9.17, 15) is 0 Å². The van der Waals surface area contributed by atoms with Gasteiger partial charge in [0.2, 0.25) is 0 Å². The topological polar surface area (TPSA) is 56.2 Å². The van der Waals surface area contributed by atoms with Gasteiger partial charge in [-0.25, -0.2) is 0 Å². The fourth-order valence-corrected chi connectivity index (χ4v) is 2.23. The van der Waals surface area contributed by atoms with Crippen LogP contribution in [0.3, 0.4) is 0 Å². The Hall–Kier alpha value is -2.14. The number of hydrogen-bond acceptors (Lipinski definition) is 4. The van der Waals surface area contributed by atoms with Crippen molar-refractivity contribution in [2.24, 2.45) is 0 Å². The Bertz CT molecular complexity index is 864. The van der Waals surface area contributed by atoms with E-state index in [1.807, 2.05) is 24.3 Å². The summed E-state index contributed by atoms with van der Waals surface area (Å²) < 4.78 is 7.23. The molecule has 0 amide bonds. The van der Waals surface area contributed by atoms with Crippen molar-refractivity contribution in [1.82, 2.24) is 19.8 Å². The minimum atomic E-state index is 0.309. The van der Waals surface area contributed by atoms with Crippen molar-refractivity contribution in [3.8, 4) is 0 Å². The zero-order valence-corrected chi connectivity index (χ0v) is 9.22. The maximum atomic E-state index is 6.08. The van der Waals surface area contributed by atoms with Crippen LogP contribution < -0.4 is 0 Å². The lowest BCUT2D eigenvalue weighted by molar-refractivity contribution is 0.664. The summed E-state index contributed by atoms with van der Waals surface area (Å²) in [5.41, 5.74) is 1.96. The highest BCUT2D eigenvalue weighted by Crippen LogP contribution is 2.33. The van der Waals surface area contributed by atoms with Gasteiger partial charge in [-0.05, 0) is 6.07 Å². The number of rotatable bonds is 0. The van der Waals surface area contributed by atoms with Crippen molar-refractivity contribution in [3.05, 3.63) is 35.7 Å². The van der Waals surface area contributed by atoms with Crippen molar-refractivity contribution < 1.29 is 4.42 Å². The normalized spacial score (nSPS) is 11.8. The van der Waals surface area contributed by atoms with Crippen LogP contribution in [0.1, 0.15) is 0 Å². The maximum Gasteiger partial charge on any atom is 0.193 e. The van der Waals surface area contributed by atoms with Crippen molar-refractivity contribution >= 4 is 39.2 Å². The fourth-order valence-electron chi connectivity index (χ4n) is 2.02. The molecule has 0 aliphatic carbocycles. The van der Waals surface area contributed by atoms with E-state index < -0.39 is 0 Å². The molecule has 6 heteroatoms. The molecule has 4 aromatic rings. The number of nitrogens with zero attached hydrogens (tertiary/aromatic N) is 4. The van der Waals surface area contributed by atoms with Crippen molar-refractivity contribution in [3.63, 3.8) is 0 Å². The largest absolute Gasteiger partial charge is 0.453 e. The maximum absolute atomic E-state index is 6.08. The molecule has 0 radical (unpaired) electrons. The first-order valence-corrected chi connectivity index (χ1v) is 5.39. The molecule has 82 valence electrons. The number of fused-ring (bicyclic) bond motifs is 5. The Morgan fingerprint density at radius 1 is 1.24 bits per heavy atom. The summed E-state index contributed by atoms with van der Waals surface area (Å²) in [5.74, 6) is 0. The molecule has 0 bridgehead atoms. The zero-order chi connectivity index (χ0) is 11.4. The average molecular weight is 245 g/mol. The fraction of sp³-hybridized carbons (Fsp3) is 0. The predicted molar refractivity (Wildman–Crippen MR) is 63.1 cm³/mol. The minimum Gasteiger partial charge on any atom is -0.453 e. The van der Waals surface area contributed by atoms with Gasteiger partial charge < -0.3 is 4.42 Å². The molecule has 3 aromatic heterocycles. The third-order valence-corrected chi connectivity index (χ3v) is 2.98. The zero-order valence-electron chi connectivity index (χ0n) is 8.46. The van der Waals surface area contributed by atoms with E-state index in [1.165, 1.54) is 6.33 Å². The molecule has 1 aromatic carbocycles. The number of benzene rings is 1. The molecule has 4 rings (SSSR count). The molecule has 0 aliphatic heterocycles. The lowest BCUT2D eigenvalue weighted by Gasteiger charge is -1.94. The van der Waals surface area contributed by atoms with Gasteiger partial charge in [0.15, 0.2) is 16.4 Å². The first-order valence-electron chi connectivity index (χ1n) is 5.01. The third kappa shape index (κ3) is 1.06. The molecule has 0 saturated heterocycles. The summed E-state index contributed by atoms with van der Waals surface area (Å²) in [6, 6.07) is 7.70. The van der Waals surface area contributed by atoms with E-state index in [1.54, 1.807) is 4.52 Å². The Labute approximate surface area is 99.6 Å². The van der Waals surface area contributed by atoms with Gasteiger partial charge in [-0.15, -0.1) is 15.3 Å². The van der Waals surface area contributed by atoms with Crippen LogP contribution >= 0.6 is 11.6 Å². The van der Waals surface area contributed by atoms with E-state index in [0.717, 1.165) is 16.4 Å². The van der Waals surface area contributed by atoms with Crippen LogP contribution in [0.5, 0.6) is 0 Å². The molecule has 17 heavy (non-hydrogen) atoms. The molecule has 5 nitrogen and oxygen atoms in total. The monoisotopic (exact) mass is 244 g/mol. The van der Waals surface area contributed by atoms with Crippen LogP contribution in [0.15, 0.2) is 35.0 Å². The first kappa shape index (κ1) is 8.95. The highest BCUT2D eigenvalue weighted by atomic mass is 35.5. The first-order chi connectivity index (χ1) is 8.34. The van der Waals surface area contributed by atoms with Crippen LogP contribution in [-0.4, -0.2) is 19.8 Å². The lowest BCUT2D eigenvalue weighted by atomic mass is 10.2. The summed E-state index contributed by atoms with van der Waals surface area (Å²) in [6.07, 6.45) is 1.52. The molecule has 0 fully saturated rings. The van der Waals surface area contributed by atoms with E-state index in [2.05, 4.69) is 15.3 Å². The molecular weight excluding hydrogens is 240 g/mol. The minimum absolute atomic E-state index is 0.309. The number of halogens is 1. The summed E-state index contributed by atoms with van der Waals surface area (Å²) in [4.78, 5) is 0. The van der Waals surface area contributed by atoms with Gasteiger partial charge in [-0.2, -0.15) is 4.52 Å². The van der Waals surface area contributed by atoms with Crippen molar-refractivity contribution in [2.75, 3.05) is 0 Å². The molecule has 3 heterocycles. The number of aromatic nitrogens is 4. The molecule has 0 unspecified atom stereocenters. The van der Waals surface area contributed by atoms with E-state index in [0.29, 0.717) is 16.4 Å². The third-order valence-electron chi connectivity index (χ3n) is 2.73. The van der Waals surface area contributed by atoms with Crippen LogP contribution in [0, 0.1) is 0 Å². The van der Waals surface area contributed by atoms with E-state index in [4.69, 9.17) is 16.0 Å². The average Bonchev–Trinajstić information content (AvgIpc) is 2.91. The van der Waals surface area contributed by atoms with Gasteiger partial charge in [-0.1, -0.05) is 29.8 Å². The Balaban J connectivity index is 2.43. The summed E-state index contributed by atoms with van der Waals surface area (Å²) in [5, 5.41) is 14.1. The SMILES string of the molecule is Clc1nn2cnnc2c2c1oc1ccccc12. The van der Waals surface area contributed by atoms with Crippen LogP contribution in [0.25, 0.3) is 27.6 Å². The Morgan fingerprint density at radius 3 is 3.06 bits per heavy atom. The van der Waals surface area contributed by atoms with E-state index >= 15 is 0 Å². The van der Waals surface area contributed by atoms with Crippen LogP contribution in [0.4, 0.5) is 0 Å². The van der Waals surface area contributed by atoms with Crippen molar-refractivity contribution in [2.45, 2.75) is 0 Å². The quantitative estimate of drug-likeness (QED) is 0.477. The van der Waals surface area contributed by atoms with Gasteiger partial charge in [0.25, 0.3) is 0 Å². The lowest BCUT2D eigenvalue weighted by Crippen LogP contribution is -1.91. The van der Waals surface area contributed by atoms with Crippen LogP contribution in [-0.2, 0) is 0 Å². The summed E-state index contributed by atoms with van der Waals surface area (Å²) in [6.45, 7) is 0. The van der Waals surface area contributed by atoms with Crippen molar-refractivity contribution in [1.29, 1.82) is 0 Å². The summed E-state index contributed by atoms with van der Waals surface area (Å²) >= 11 is 6.08. The number of hydrogen-bond donors (Lipinski definition) is 0. The Morgan fingerprint density at radius 2 is 2.12 bits per heavy atom. The molecule has 0 saturated carbocycles. The smallest absolute Gasteiger partial charge is 0.193 e. The van der Waals surface area contributed by atoms with Crippen LogP contribution in [0.2, 0.25) is 5.15 Å². The van der Waals surface area contributed by atoms with E-state index in [-0.39, 0.29) is 0 Å². The van der Waals surface area contributed by atoms with Gasteiger partial charge in [0.05, 0.1) is 5.39 Å². The second-order valence-electron chi connectivity index (χ2n) is 3.69. The standard InChI is InChI=1S/C11H5ClN4O/c12-10-9-8(11-14-13-5-16(11)15-10)6-3-1-2-4-7(6)17-9/h1-5H. The van der Waals surface area contributed by atoms with Gasteiger partial charge in [-0.3, -0.25) is 0 Å². The molecule has 0 spiro atoms. The predicted octanol–water partition coefficient (Wildman–Crippen LogP) is 2.68. The highest BCUT2D eigenvalue weighted by molar-refractivity contribution is 6.35. The molecule has 0 atom stereocenters. The second-order valence-corrected chi connectivity index (χ2v) is 4.05. The molecular formula is C11H5ClN4O. The summed E-state index contributed by atoms with van der Waals surface area (Å²) in [7, 11) is 0. The molecule has 0 aliphatic rings. The molecule has 0 N–H and O–H groups in total. The number of para-hydroxylation sites is 1.